The highest BCUT2D eigenvalue weighted by Gasteiger charge is 2.27. The smallest absolute Gasteiger partial charge is 0.243 e. The number of rotatable bonds is 5. The average molecular weight is 528 g/mol. The van der Waals surface area contributed by atoms with Gasteiger partial charge in [0, 0.05) is 51.0 Å². The third-order valence-electron chi connectivity index (χ3n) is 7.23. The Morgan fingerprint density at radius 1 is 0.853 bits per heavy atom. The van der Waals surface area contributed by atoms with Crippen LogP contribution in [0, 0.1) is 0 Å². The third-order valence-corrected chi connectivity index (χ3v) is 9.12. The van der Waals surface area contributed by atoms with Gasteiger partial charge < -0.3 is 10.2 Å². The van der Waals surface area contributed by atoms with Crippen molar-refractivity contribution < 1.29 is 8.42 Å². The van der Waals surface area contributed by atoms with Crippen molar-refractivity contribution in [2.45, 2.75) is 55.8 Å². The van der Waals surface area contributed by atoms with Crippen LogP contribution in [-0.4, -0.2) is 57.0 Å². The number of anilines is 1. The van der Waals surface area contributed by atoms with Crippen molar-refractivity contribution in [2.75, 3.05) is 44.2 Å². The normalized spacial score (nSPS) is 19.9. The molecule has 2 aromatic rings. The van der Waals surface area contributed by atoms with Gasteiger partial charge in [-0.15, -0.1) is 24.8 Å². The van der Waals surface area contributed by atoms with E-state index < -0.39 is 10.0 Å². The van der Waals surface area contributed by atoms with Gasteiger partial charge in [0.05, 0.1) is 4.90 Å². The second-order valence-electron chi connectivity index (χ2n) is 9.35. The molecule has 3 aliphatic rings. The lowest BCUT2D eigenvalue weighted by atomic mass is 9.94. The molecule has 1 aromatic carbocycles. The highest BCUT2D eigenvalue weighted by Crippen LogP contribution is 2.40. The lowest BCUT2D eigenvalue weighted by molar-refractivity contribution is 0.346. The van der Waals surface area contributed by atoms with Crippen LogP contribution in [0.1, 0.15) is 56.4 Å². The molecule has 0 amide bonds. The zero-order chi connectivity index (χ0) is 22.0. The summed E-state index contributed by atoms with van der Waals surface area (Å²) in [7, 11) is -3.45. The molecular formula is C25H36Cl2N4O2S. The summed E-state index contributed by atoms with van der Waals surface area (Å²) in [4.78, 5) is 7.75. The van der Waals surface area contributed by atoms with Crippen molar-refractivity contribution in [1.82, 2.24) is 14.6 Å². The van der Waals surface area contributed by atoms with Crippen molar-refractivity contribution >= 4 is 40.7 Å². The van der Waals surface area contributed by atoms with Crippen LogP contribution in [0.4, 0.5) is 5.82 Å². The summed E-state index contributed by atoms with van der Waals surface area (Å²) in [6.07, 6.45) is 9.92. The molecule has 6 nitrogen and oxygen atoms in total. The maximum absolute atomic E-state index is 13.2. The highest BCUT2D eigenvalue weighted by atomic mass is 35.5. The van der Waals surface area contributed by atoms with E-state index in [4.69, 9.17) is 4.98 Å². The van der Waals surface area contributed by atoms with Crippen molar-refractivity contribution in [1.29, 1.82) is 0 Å². The summed E-state index contributed by atoms with van der Waals surface area (Å²) in [6, 6.07) is 9.73. The van der Waals surface area contributed by atoms with Gasteiger partial charge in [-0.2, -0.15) is 4.31 Å². The van der Waals surface area contributed by atoms with Crippen LogP contribution in [0.25, 0.3) is 11.1 Å². The summed E-state index contributed by atoms with van der Waals surface area (Å²) >= 11 is 0. The fourth-order valence-corrected chi connectivity index (χ4v) is 6.96. The Labute approximate surface area is 216 Å². The third kappa shape index (κ3) is 5.71. The fraction of sp³-hybridized carbons (Fsp3) is 0.560. The minimum atomic E-state index is -3.45. The number of benzene rings is 1. The maximum atomic E-state index is 13.2. The minimum absolute atomic E-state index is 0. The largest absolute Gasteiger partial charge is 0.354 e. The Balaban J connectivity index is 0.00000162. The number of aromatic nitrogens is 1. The quantitative estimate of drug-likeness (QED) is 0.603. The number of hydrogen-bond acceptors (Lipinski definition) is 5. The van der Waals surface area contributed by atoms with Gasteiger partial charge in [-0.3, -0.25) is 0 Å². The molecule has 2 saturated heterocycles. The number of pyridine rings is 1. The molecule has 0 radical (unpaired) electrons. The van der Waals surface area contributed by atoms with Crippen LogP contribution in [-0.2, 0) is 10.0 Å². The first-order valence-corrected chi connectivity index (χ1v) is 13.6. The average Bonchev–Trinajstić information content (AvgIpc) is 3.40. The van der Waals surface area contributed by atoms with Crippen LogP contribution in [0.5, 0.6) is 0 Å². The molecule has 34 heavy (non-hydrogen) atoms. The first-order chi connectivity index (χ1) is 15.6. The number of nitrogens with zero attached hydrogens (tertiary/aromatic N) is 3. The lowest BCUT2D eigenvalue weighted by Gasteiger charge is -2.31. The van der Waals surface area contributed by atoms with E-state index in [2.05, 4.69) is 16.3 Å². The SMILES string of the molecule is Cl.Cl.O=S(=O)(c1cccc(-c2cnc(N3CCNCC3)c(C3CCCC3)c2)c1)N1CCCCC1. The Morgan fingerprint density at radius 3 is 2.26 bits per heavy atom. The Morgan fingerprint density at radius 2 is 1.56 bits per heavy atom. The zero-order valence-corrected chi connectivity index (χ0v) is 22.1. The lowest BCUT2D eigenvalue weighted by Crippen LogP contribution is -2.44. The topological polar surface area (TPSA) is 65.5 Å². The molecule has 0 unspecified atom stereocenters. The molecule has 9 heteroatoms. The molecule has 188 valence electrons. The number of piperazine rings is 1. The minimum Gasteiger partial charge on any atom is -0.354 e. The molecular weight excluding hydrogens is 491 g/mol. The van der Waals surface area contributed by atoms with Crippen LogP contribution >= 0.6 is 24.8 Å². The molecule has 0 atom stereocenters. The Hall–Kier alpha value is -1.38. The van der Waals surface area contributed by atoms with Crippen molar-refractivity contribution in [3.8, 4) is 11.1 Å². The molecule has 1 N–H and O–H groups in total. The number of hydrogen-bond donors (Lipinski definition) is 1. The second kappa shape index (κ2) is 12.0. The molecule has 0 bridgehead atoms. The predicted octanol–water partition coefficient (Wildman–Crippen LogP) is 4.83. The number of sulfonamides is 1. The van der Waals surface area contributed by atoms with E-state index in [1.165, 1.54) is 31.2 Å². The Kier molecular flexibility index (Phi) is 9.64. The first-order valence-electron chi connectivity index (χ1n) is 12.2. The summed E-state index contributed by atoms with van der Waals surface area (Å²) < 4.78 is 28.1. The van der Waals surface area contributed by atoms with Gasteiger partial charge in [0.1, 0.15) is 5.82 Å². The molecule has 0 spiro atoms. The van der Waals surface area contributed by atoms with E-state index >= 15 is 0 Å². The van der Waals surface area contributed by atoms with Crippen LogP contribution in [0.3, 0.4) is 0 Å². The number of halogens is 2. The van der Waals surface area contributed by atoms with Gasteiger partial charge in [0.15, 0.2) is 0 Å². The molecule has 2 aliphatic heterocycles. The maximum Gasteiger partial charge on any atom is 0.243 e. The zero-order valence-electron chi connectivity index (χ0n) is 19.6. The van der Waals surface area contributed by atoms with E-state index in [-0.39, 0.29) is 24.8 Å². The molecule has 3 fully saturated rings. The van der Waals surface area contributed by atoms with E-state index in [0.717, 1.165) is 62.4 Å². The number of piperidine rings is 1. The van der Waals surface area contributed by atoms with E-state index in [1.54, 1.807) is 10.4 Å². The molecule has 5 rings (SSSR count). The summed E-state index contributed by atoms with van der Waals surface area (Å²) in [5, 5.41) is 3.43. The van der Waals surface area contributed by atoms with Crippen molar-refractivity contribution in [3.05, 3.63) is 42.1 Å². The summed E-state index contributed by atoms with van der Waals surface area (Å²) in [5.74, 6) is 1.67. The first kappa shape index (κ1) is 27.2. The van der Waals surface area contributed by atoms with E-state index in [1.807, 2.05) is 24.4 Å². The van der Waals surface area contributed by atoms with Gasteiger partial charge in [0.2, 0.25) is 10.0 Å². The van der Waals surface area contributed by atoms with Crippen LogP contribution in [0.15, 0.2) is 41.4 Å². The number of nitrogens with one attached hydrogen (secondary N) is 1. The highest BCUT2D eigenvalue weighted by molar-refractivity contribution is 7.89. The molecule has 3 heterocycles. The standard InChI is InChI=1S/C25H34N4O2S.2ClH/c30-32(31,29-13-4-1-5-14-29)23-10-6-9-21(17-23)22-18-24(20-7-2-3-8-20)25(27-19-22)28-15-11-26-12-16-28;;/h6,9-10,17-20,26H,1-5,7-8,11-16H2;2*1H. The summed E-state index contributed by atoms with van der Waals surface area (Å²) in [6.45, 7) is 5.19. The van der Waals surface area contributed by atoms with Gasteiger partial charge in [-0.25, -0.2) is 13.4 Å². The van der Waals surface area contributed by atoms with Gasteiger partial charge >= 0.3 is 0 Å². The van der Waals surface area contributed by atoms with Gasteiger partial charge in [-0.1, -0.05) is 31.4 Å². The Bertz CT molecular complexity index is 1050. The molecule has 1 aliphatic carbocycles. The van der Waals surface area contributed by atoms with Gasteiger partial charge in [-0.05, 0) is 60.9 Å². The summed E-state index contributed by atoms with van der Waals surface area (Å²) in [5.41, 5.74) is 3.29. The van der Waals surface area contributed by atoms with Gasteiger partial charge in [0.25, 0.3) is 0 Å². The molecule has 1 aromatic heterocycles. The second-order valence-corrected chi connectivity index (χ2v) is 11.3. The van der Waals surface area contributed by atoms with Crippen LogP contribution in [0.2, 0.25) is 0 Å². The van der Waals surface area contributed by atoms with Crippen molar-refractivity contribution in [2.24, 2.45) is 0 Å². The fourth-order valence-electron chi connectivity index (χ4n) is 5.40. The predicted molar refractivity (Wildman–Crippen MR) is 143 cm³/mol. The van der Waals surface area contributed by atoms with Crippen molar-refractivity contribution in [3.63, 3.8) is 0 Å². The van der Waals surface area contributed by atoms with E-state index in [9.17, 15) is 8.42 Å². The monoisotopic (exact) mass is 526 g/mol. The van der Waals surface area contributed by atoms with Crippen LogP contribution < -0.4 is 10.2 Å². The van der Waals surface area contributed by atoms with E-state index in [0.29, 0.717) is 23.9 Å². The molecule has 1 saturated carbocycles.